The summed E-state index contributed by atoms with van der Waals surface area (Å²) < 4.78 is 27.5. The Morgan fingerprint density at radius 3 is 2.36 bits per heavy atom. The van der Waals surface area contributed by atoms with Gasteiger partial charge in [0.05, 0.1) is 29.4 Å². The maximum atomic E-state index is 12.8. The highest BCUT2D eigenvalue weighted by molar-refractivity contribution is 7.92. The molecule has 4 aromatic rings. The van der Waals surface area contributed by atoms with Gasteiger partial charge >= 0.3 is 0 Å². The second-order valence-corrected chi connectivity index (χ2v) is 11.2. The number of hydrogen-bond donors (Lipinski definition) is 1. The standard InChI is InChI=1S/C26H26N2O3S2/c1-18-9-11-20(12-10-18)17-28(33(3,30)31)23-13-14-24-22(15-23)16-25(32-24)26(29)27-19(2)21-7-5-4-6-8-21/h4-16,19H,17H2,1-3H3,(H,27,29). The second-order valence-electron chi connectivity index (χ2n) is 8.19. The van der Waals surface area contributed by atoms with E-state index < -0.39 is 10.0 Å². The Labute approximate surface area is 198 Å². The molecule has 1 amide bonds. The summed E-state index contributed by atoms with van der Waals surface area (Å²) >= 11 is 1.40. The summed E-state index contributed by atoms with van der Waals surface area (Å²) in [7, 11) is -3.49. The number of hydrogen-bond acceptors (Lipinski definition) is 4. The summed E-state index contributed by atoms with van der Waals surface area (Å²) in [6, 6.07) is 24.8. The summed E-state index contributed by atoms with van der Waals surface area (Å²) in [5.41, 5.74) is 3.64. The van der Waals surface area contributed by atoms with Crippen LogP contribution in [-0.4, -0.2) is 20.6 Å². The molecule has 1 N–H and O–H groups in total. The van der Waals surface area contributed by atoms with E-state index in [1.54, 1.807) is 6.07 Å². The third kappa shape index (κ3) is 5.43. The first-order valence-corrected chi connectivity index (χ1v) is 13.3. The van der Waals surface area contributed by atoms with E-state index in [-0.39, 0.29) is 18.5 Å². The topological polar surface area (TPSA) is 66.5 Å². The van der Waals surface area contributed by atoms with E-state index in [1.165, 1.54) is 21.9 Å². The van der Waals surface area contributed by atoms with Crippen LogP contribution in [0.4, 0.5) is 5.69 Å². The highest BCUT2D eigenvalue weighted by atomic mass is 32.2. The van der Waals surface area contributed by atoms with Gasteiger partial charge in [0.1, 0.15) is 0 Å². The molecule has 1 unspecified atom stereocenters. The minimum absolute atomic E-state index is 0.116. The van der Waals surface area contributed by atoms with Crippen molar-refractivity contribution in [2.75, 3.05) is 10.6 Å². The lowest BCUT2D eigenvalue weighted by molar-refractivity contribution is 0.0944. The first-order valence-electron chi connectivity index (χ1n) is 10.6. The molecule has 0 fully saturated rings. The number of nitrogens with zero attached hydrogens (tertiary/aromatic N) is 1. The molecule has 1 atom stereocenters. The SMILES string of the molecule is Cc1ccc(CN(c2ccc3sc(C(=O)NC(C)c4ccccc4)cc3c2)S(C)(=O)=O)cc1. The van der Waals surface area contributed by atoms with Crippen LogP contribution in [0.3, 0.4) is 0 Å². The average Bonchev–Trinajstić information content (AvgIpc) is 3.22. The van der Waals surface area contributed by atoms with Gasteiger partial charge in [-0.2, -0.15) is 0 Å². The van der Waals surface area contributed by atoms with E-state index in [1.807, 2.05) is 86.6 Å². The Hall–Kier alpha value is -3.16. The number of amides is 1. The minimum Gasteiger partial charge on any atom is -0.345 e. The molecular formula is C26H26N2O3S2. The quantitative estimate of drug-likeness (QED) is 0.372. The van der Waals surface area contributed by atoms with Crippen molar-refractivity contribution in [3.05, 3.63) is 100 Å². The summed E-state index contributed by atoms with van der Waals surface area (Å²) in [4.78, 5) is 13.4. The van der Waals surface area contributed by atoms with E-state index in [0.29, 0.717) is 10.6 Å². The highest BCUT2D eigenvalue weighted by Gasteiger charge is 2.20. The lowest BCUT2D eigenvalue weighted by Gasteiger charge is -2.22. The third-order valence-electron chi connectivity index (χ3n) is 5.51. The normalized spacial score (nSPS) is 12.5. The number of carbonyl (C=O) groups is 1. The summed E-state index contributed by atoms with van der Waals surface area (Å²) in [5, 5.41) is 3.88. The van der Waals surface area contributed by atoms with Crippen LogP contribution in [0.2, 0.25) is 0 Å². The van der Waals surface area contributed by atoms with E-state index in [0.717, 1.165) is 26.8 Å². The van der Waals surface area contributed by atoms with Gasteiger partial charge < -0.3 is 5.32 Å². The van der Waals surface area contributed by atoms with Crippen LogP contribution in [0.1, 0.15) is 39.3 Å². The Morgan fingerprint density at radius 1 is 1.00 bits per heavy atom. The fourth-order valence-corrected chi connectivity index (χ4v) is 5.48. The number of aryl methyl sites for hydroxylation is 1. The number of nitrogens with one attached hydrogen (secondary N) is 1. The predicted molar refractivity (Wildman–Crippen MR) is 136 cm³/mol. The van der Waals surface area contributed by atoms with Gasteiger partial charge in [-0.05, 0) is 54.6 Å². The summed E-state index contributed by atoms with van der Waals surface area (Å²) in [5.74, 6) is -0.145. The van der Waals surface area contributed by atoms with Crippen molar-refractivity contribution in [2.24, 2.45) is 0 Å². The lowest BCUT2D eigenvalue weighted by Crippen LogP contribution is -2.29. The molecule has 3 aromatic carbocycles. The molecule has 0 saturated heterocycles. The van der Waals surface area contributed by atoms with E-state index in [9.17, 15) is 13.2 Å². The zero-order chi connectivity index (χ0) is 23.6. The molecule has 5 nitrogen and oxygen atoms in total. The smallest absolute Gasteiger partial charge is 0.261 e. The van der Waals surface area contributed by atoms with Gasteiger partial charge in [-0.15, -0.1) is 11.3 Å². The van der Waals surface area contributed by atoms with Crippen LogP contribution >= 0.6 is 11.3 Å². The molecule has 0 aliphatic carbocycles. The molecule has 170 valence electrons. The maximum absolute atomic E-state index is 12.8. The summed E-state index contributed by atoms with van der Waals surface area (Å²) in [6.07, 6.45) is 1.21. The first kappa shape index (κ1) is 23.0. The number of carbonyl (C=O) groups excluding carboxylic acids is 1. The molecule has 1 heterocycles. The first-order chi connectivity index (χ1) is 15.7. The van der Waals surface area contributed by atoms with Crippen molar-refractivity contribution >= 4 is 43.0 Å². The number of benzene rings is 3. The largest absolute Gasteiger partial charge is 0.345 e. The maximum Gasteiger partial charge on any atom is 0.261 e. The van der Waals surface area contributed by atoms with Crippen LogP contribution < -0.4 is 9.62 Å². The van der Waals surface area contributed by atoms with Gasteiger partial charge in [0.25, 0.3) is 5.91 Å². The molecule has 0 saturated carbocycles. The summed E-state index contributed by atoms with van der Waals surface area (Å²) in [6.45, 7) is 4.20. The van der Waals surface area contributed by atoms with E-state index >= 15 is 0 Å². The van der Waals surface area contributed by atoms with Crippen molar-refractivity contribution in [3.8, 4) is 0 Å². The van der Waals surface area contributed by atoms with Crippen molar-refractivity contribution in [3.63, 3.8) is 0 Å². The number of sulfonamides is 1. The Bertz CT molecular complexity index is 1380. The molecule has 33 heavy (non-hydrogen) atoms. The average molecular weight is 479 g/mol. The zero-order valence-electron chi connectivity index (χ0n) is 18.8. The number of fused-ring (bicyclic) bond motifs is 1. The van der Waals surface area contributed by atoms with E-state index in [2.05, 4.69) is 5.32 Å². The second kappa shape index (κ2) is 9.37. The molecule has 0 radical (unpaired) electrons. The Morgan fingerprint density at radius 2 is 1.70 bits per heavy atom. The van der Waals surface area contributed by atoms with Gasteiger partial charge in [0.2, 0.25) is 10.0 Å². The molecule has 0 aliphatic heterocycles. The van der Waals surface area contributed by atoms with Crippen LogP contribution in [0.25, 0.3) is 10.1 Å². The molecular weight excluding hydrogens is 452 g/mol. The van der Waals surface area contributed by atoms with Gasteiger partial charge in [-0.3, -0.25) is 9.10 Å². The van der Waals surface area contributed by atoms with Crippen molar-refractivity contribution in [2.45, 2.75) is 26.4 Å². The fraction of sp³-hybridized carbons (Fsp3) is 0.192. The third-order valence-corrected chi connectivity index (χ3v) is 7.76. The van der Waals surface area contributed by atoms with Gasteiger partial charge in [-0.25, -0.2) is 8.42 Å². The van der Waals surface area contributed by atoms with Crippen molar-refractivity contribution in [1.29, 1.82) is 0 Å². The van der Waals surface area contributed by atoms with E-state index in [4.69, 9.17) is 0 Å². The number of thiophene rings is 1. The van der Waals surface area contributed by atoms with Crippen molar-refractivity contribution in [1.82, 2.24) is 5.32 Å². The van der Waals surface area contributed by atoms with Gasteiger partial charge in [0.15, 0.2) is 0 Å². The number of rotatable bonds is 7. The van der Waals surface area contributed by atoms with Gasteiger partial charge in [0, 0.05) is 4.70 Å². The molecule has 0 spiro atoms. The van der Waals surface area contributed by atoms with Crippen LogP contribution in [-0.2, 0) is 16.6 Å². The van der Waals surface area contributed by atoms with Crippen LogP contribution in [0.15, 0.2) is 78.9 Å². The zero-order valence-corrected chi connectivity index (χ0v) is 20.4. The minimum atomic E-state index is -3.49. The molecule has 0 bridgehead atoms. The van der Waals surface area contributed by atoms with Crippen LogP contribution in [0, 0.1) is 6.92 Å². The van der Waals surface area contributed by atoms with Crippen LogP contribution in [0.5, 0.6) is 0 Å². The fourth-order valence-electron chi connectivity index (χ4n) is 3.65. The Balaban J connectivity index is 1.59. The van der Waals surface area contributed by atoms with Gasteiger partial charge in [-0.1, -0.05) is 60.2 Å². The van der Waals surface area contributed by atoms with Crippen molar-refractivity contribution < 1.29 is 13.2 Å². The highest BCUT2D eigenvalue weighted by Crippen LogP contribution is 2.31. The molecule has 0 aliphatic rings. The molecule has 1 aromatic heterocycles. The number of anilines is 1. The Kier molecular flexibility index (Phi) is 6.54. The lowest BCUT2D eigenvalue weighted by atomic mass is 10.1. The monoisotopic (exact) mass is 478 g/mol. The molecule has 4 rings (SSSR count). The molecule has 7 heteroatoms. The predicted octanol–water partition coefficient (Wildman–Crippen LogP) is 5.67.